The molecule has 1 N–H and O–H groups in total. The summed E-state index contributed by atoms with van der Waals surface area (Å²) in [5.41, 5.74) is 0.315. The van der Waals surface area contributed by atoms with Gasteiger partial charge < -0.3 is 10.0 Å². The second-order valence-corrected chi connectivity index (χ2v) is 7.58. The van der Waals surface area contributed by atoms with E-state index in [1.807, 2.05) is 0 Å². The van der Waals surface area contributed by atoms with Crippen LogP contribution in [0.3, 0.4) is 0 Å². The van der Waals surface area contributed by atoms with E-state index in [2.05, 4.69) is 0 Å². The largest absolute Gasteiger partial charge is 0.480 e. The Morgan fingerprint density at radius 3 is 2.68 bits per heavy atom. The van der Waals surface area contributed by atoms with Gasteiger partial charge in [0.15, 0.2) is 10.9 Å². The van der Waals surface area contributed by atoms with Gasteiger partial charge in [0.1, 0.15) is 6.04 Å². The molecular weight excluding hydrogens is 366 g/mol. The number of halogens is 1. The fourth-order valence-electron chi connectivity index (χ4n) is 2.81. The van der Waals surface area contributed by atoms with E-state index < -0.39 is 23.2 Å². The van der Waals surface area contributed by atoms with Crippen LogP contribution < -0.4 is 0 Å². The van der Waals surface area contributed by atoms with Crippen molar-refractivity contribution in [3.8, 4) is 0 Å². The second-order valence-electron chi connectivity index (χ2n) is 5.76. The Morgan fingerprint density at radius 2 is 2.08 bits per heavy atom. The van der Waals surface area contributed by atoms with Gasteiger partial charge >= 0.3 is 5.97 Å². The minimum Gasteiger partial charge on any atom is -0.480 e. The molecule has 25 heavy (non-hydrogen) atoms. The number of aliphatic carboxylic acids is 1. The summed E-state index contributed by atoms with van der Waals surface area (Å²) in [6, 6.07) is 5.43. The molecule has 1 fully saturated rings. The SMILES string of the molecule is CC(=O)SC(CC(=O)N1CCC[C@H]1C(=O)O)C(=O)c1cccc(Cl)c1. The van der Waals surface area contributed by atoms with Gasteiger partial charge in [-0.15, -0.1) is 0 Å². The smallest absolute Gasteiger partial charge is 0.326 e. The minimum atomic E-state index is -1.05. The van der Waals surface area contributed by atoms with Gasteiger partial charge in [-0.05, 0) is 25.0 Å². The number of likely N-dealkylation sites (tertiary alicyclic amines) is 1. The molecule has 1 unspecified atom stereocenters. The molecule has 1 aromatic rings. The maximum absolute atomic E-state index is 12.7. The van der Waals surface area contributed by atoms with E-state index in [9.17, 15) is 24.3 Å². The van der Waals surface area contributed by atoms with Gasteiger partial charge in [0.25, 0.3) is 0 Å². The molecule has 0 spiro atoms. The van der Waals surface area contributed by atoms with Crippen LogP contribution >= 0.6 is 23.4 Å². The molecule has 2 atom stereocenters. The first-order chi connectivity index (χ1) is 11.8. The summed E-state index contributed by atoms with van der Waals surface area (Å²) in [4.78, 5) is 49.2. The summed E-state index contributed by atoms with van der Waals surface area (Å²) in [6.45, 7) is 1.67. The van der Waals surface area contributed by atoms with Crippen molar-refractivity contribution in [3.05, 3.63) is 34.9 Å². The Morgan fingerprint density at radius 1 is 1.36 bits per heavy atom. The molecule has 0 bridgehead atoms. The maximum atomic E-state index is 12.7. The summed E-state index contributed by atoms with van der Waals surface area (Å²) in [5.74, 6) is -1.86. The Labute approximate surface area is 154 Å². The van der Waals surface area contributed by atoms with Crippen molar-refractivity contribution in [1.29, 1.82) is 0 Å². The summed E-state index contributed by atoms with van der Waals surface area (Å²) < 4.78 is 0. The van der Waals surface area contributed by atoms with Crippen molar-refractivity contribution in [2.75, 3.05) is 6.54 Å². The number of hydrogen-bond donors (Lipinski definition) is 1. The molecule has 0 aliphatic carbocycles. The molecule has 8 heteroatoms. The summed E-state index contributed by atoms with van der Waals surface area (Å²) in [7, 11) is 0. The predicted octanol–water partition coefficient (Wildman–Crippen LogP) is 2.64. The molecule has 1 aliphatic rings. The lowest BCUT2D eigenvalue weighted by Gasteiger charge is -2.23. The van der Waals surface area contributed by atoms with Gasteiger partial charge in [-0.1, -0.05) is 35.5 Å². The highest BCUT2D eigenvalue weighted by atomic mass is 35.5. The summed E-state index contributed by atoms with van der Waals surface area (Å²) in [6.07, 6.45) is 0.780. The van der Waals surface area contributed by atoms with Gasteiger partial charge in [0.05, 0.1) is 5.25 Å². The molecule has 0 aromatic heterocycles. The molecular formula is C17H18ClNO5S. The Hall–Kier alpha value is -1.86. The number of nitrogens with zero attached hydrogens (tertiary/aromatic N) is 1. The number of rotatable bonds is 6. The second kappa shape index (κ2) is 8.49. The average Bonchev–Trinajstić information content (AvgIpc) is 3.03. The third-order valence-corrected chi connectivity index (χ3v) is 5.16. The van der Waals surface area contributed by atoms with Crippen LogP contribution in [0.1, 0.15) is 36.5 Å². The lowest BCUT2D eigenvalue weighted by atomic mass is 10.1. The highest BCUT2D eigenvalue weighted by Crippen LogP contribution is 2.25. The first-order valence-electron chi connectivity index (χ1n) is 7.79. The molecule has 134 valence electrons. The Kier molecular flexibility index (Phi) is 6.61. The highest BCUT2D eigenvalue weighted by Gasteiger charge is 2.36. The van der Waals surface area contributed by atoms with Crippen molar-refractivity contribution < 1.29 is 24.3 Å². The van der Waals surface area contributed by atoms with Crippen LogP contribution in [0.4, 0.5) is 0 Å². The summed E-state index contributed by atoms with van der Waals surface area (Å²) >= 11 is 6.67. The average molecular weight is 384 g/mol. The van der Waals surface area contributed by atoms with Gasteiger partial charge in [-0.25, -0.2) is 4.79 Å². The van der Waals surface area contributed by atoms with E-state index in [0.29, 0.717) is 30.0 Å². The molecule has 1 heterocycles. The fourth-order valence-corrected chi connectivity index (χ4v) is 3.87. The number of carboxylic acids is 1. The number of carbonyl (C=O) groups is 4. The normalized spacial score (nSPS) is 18.0. The van der Waals surface area contributed by atoms with Gasteiger partial charge in [-0.3, -0.25) is 14.4 Å². The third-order valence-electron chi connectivity index (χ3n) is 3.93. The number of carbonyl (C=O) groups excluding carboxylic acids is 3. The first-order valence-corrected chi connectivity index (χ1v) is 9.04. The van der Waals surface area contributed by atoms with Gasteiger partial charge in [-0.2, -0.15) is 0 Å². The topological polar surface area (TPSA) is 91.8 Å². The highest BCUT2D eigenvalue weighted by molar-refractivity contribution is 8.14. The number of benzene rings is 1. The van der Waals surface area contributed by atoms with E-state index in [0.717, 1.165) is 11.8 Å². The maximum Gasteiger partial charge on any atom is 0.326 e. The van der Waals surface area contributed by atoms with Crippen molar-refractivity contribution in [2.45, 2.75) is 37.5 Å². The minimum absolute atomic E-state index is 0.223. The molecule has 1 saturated heterocycles. The van der Waals surface area contributed by atoms with Crippen molar-refractivity contribution in [2.24, 2.45) is 0 Å². The van der Waals surface area contributed by atoms with Gasteiger partial charge in [0.2, 0.25) is 5.91 Å². The zero-order chi connectivity index (χ0) is 18.6. The Balaban J connectivity index is 2.17. The molecule has 1 aliphatic heterocycles. The molecule has 0 saturated carbocycles. The monoisotopic (exact) mass is 383 g/mol. The van der Waals surface area contributed by atoms with Crippen molar-refractivity contribution in [3.63, 3.8) is 0 Å². The number of Topliss-reactive ketones (excluding diaryl/α,β-unsaturated/α-hetero) is 1. The van der Waals surface area contributed by atoms with E-state index in [4.69, 9.17) is 11.6 Å². The quantitative estimate of drug-likeness (QED) is 0.759. The van der Waals surface area contributed by atoms with Crippen LogP contribution in [0.25, 0.3) is 0 Å². The molecule has 1 aromatic carbocycles. The predicted molar refractivity (Wildman–Crippen MR) is 94.8 cm³/mol. The number of thioether (sulfide) groups is 1. The lowest BCUT2D eigenvalue weighted by molar-refractivity contribution is -0.148. The van der Waals surface area contributed by atoms with Crippen molar-refractivity contribution >= 4 is 46.1 Å². The third kappa shape index (κ3) is 5.06. The molecule has 0 radical (unpaired) electrons. The number of amides is 1. The van der Waals surface area contributed by atoms with E-state index >= 15 is 0 Å². The standard InChI is InChI=1S/C17H18ClNO5S/c1-10(20)25-14(16(22)11-4-2-5-12(18)8-11)9-15(21)19-7-3-6-13(19)17(23)24/h2,4-5,8,13-14H,3,6-7,9H2,1H3,(H,23,24)/t13-,14?/m0/s1. The number of carboxylic acid groups (broad SMARTS) is 1. The van der Waals surface area contributed by atoms with E-state index in [-0.39, 0.29) is 17.3 Å². The molecule has 6 nitrogen and oxygen atoms in total. The van der Waals surface area contributed by atoms with E-state index in [1.54, 1.807) is 18.2 Å². The zero-order valence-corrected chi connectivity index (χ0v) is 15.2. The fraction of sp³-hybridized carbons (Fsp3) is 0.412. The summed E-state index contributed by atoms with van der Waals surface area (Å²) in [5, 5.41) is 8.39. The first kappa shape index (κ1) is 19.5. The van der Waals surface area contributed by atoms with Gasteiger partial charge in [0, 0.05) is 30.5 Å². The lowest BCUT2D eigenvalue weighted by Crippen LogP contribution is -2.42. The van der Waals surface area contributed by atoms with Crippen LogP contribution in [0, 0.1) is 0 Å². The Bertz CT molecular complexity index is 708. The molecule has 1 amide bonds. The van der Waals surface area contributed by atoms with Crippen LogP contribution in [0.5, 0.6) is 0 Å². The van der Waals surface area contributed by atoms with Crippen LogP contribution in [0.15, 0.2) is 24.3 Å². The van der Waals surface area contributed by atoms with Crippen LogP contribution in [-0.4, -0.2) is 50.6 Å². The zero-order valence-electron chi connectivity index (χ0n) is 13.6. The van der Waals surface area contributed by atoms with E-state index in [1.165, 1.54) is 17.9 Å². The van der Waals surface area contributed by atoms with Crippen LogP contribution in [-0.2, 0) is 14.4 Å². The number of ketones is 1. The number of hydrogen-bond acceptors (Lipinski definition) is 5. The molecule has 2 rings (SSSR count). The van der Waals surface area contributed by atoms with Crippen molar-refractivity contribution in [1.82, 2.24) is 4.90 Å². The van der Waals surface area contributed by atoms with Crippen LogP contribution in [0.2, 0.25) is 5.02 Å².